The van der Waals surface area contributed by atoms with Gasteiger partial charge in [-0.3, -0.25) is 4.79 Å². The van der Waals surface area contributed by atoms with Crippen molar-refractivity contribution in [2.45, 2.75) is 40.0 Å². The summed E-state index contributed by atoms with van der Waals surface area (Å²) in [4.78, 5) is 19.4. The van der Waals surface area contributed by atoms with Gasteiger partial charge in [-0.25, -0.2) is 9.37 Å². The highest BCUT2D eigenvalue weighted by atomic mass is 19.1. The Bertz CT molecular complexity index is 691. The Hall–Kier alpha value is -1.97. The molecular formula is C16H19FN2O. The fraction of sp³-hybridized carbons (Fsp3) is 0.375. The van der Waals surface area contributed by atoms with Crippen LogP contribution in [0.25, 0.3) is 11.3 Å². The van der Waals surface area contributed by atoms with Crippen molar-refractivity contribution < 1.29 is 4.39 Å². The molecule has 1 aromatic carbocycles. The lowest BCUT2D eigenvalue weighted by Crippen LogP contribution is -2.24. The predicted molar refractivity (Wildman–Crippen MR) is 78.4 cm³/mol. The first kappa shape index (κ1) is 14.4. The maximum absolute atomic E-state index is 13.6. The Morgan fingerprint density at radius 2 is 1.80 bits per heavy atom. The summed E-state index contributed by atoms with van der Waals surface area (Å²) >= 11 is 0. The molecule has 0 amide bonds. The molecule has 0 aliphatic rings. The molecular weight excluding hydrogens is 255 g/mol. The van der Waals surface area contributed by atoms with Crippen LogP contribution in [0.5, 0.6) is 0 Å². The van der Waals surface area contributed by atoms with E-state index < -0.39 is 0 Å². The number of H-pyrrole nitrogens is 1. The average Bonchev–Trinajstić information content (AvgIpc) is 2.29. The van der Waals surface area contributed by atoms with Crippen molar-refractivity contribution in [3.8, 4) is 11.3 Å². The van der Waals surface area contributed by atoms with Crippen LogP contribution in [-0.4, -0.2) is 9.97 Å². The van der Waals surface area contributed by atoms with Crippen molar-refractivity contribution in [3.05, 3.63) is 51.3 Å². The molecule has 4 heteroatoms. The van der Waals surface area contributed by atoms with Crippen LogP contribution in [-0.2, 0) is 5.41 Å². The summed E-state index contributed by atoms with van der Waals surface area (Å²) in [5, 5.41) is 0. The molecule has 0 saturated heterocycles. The van der Waals surface area contributed by atoms with Crippen molar-refractivity contribution in [1.29, 1.82) is 0 Å². The highest BCUT2D eigenvalue weighted by Crippen LogP contribution is 2.24. The monoisotopic (exact) mass is 274 g/mol. The van der Waals surface area contributed by atoms with E-state index >= 15 is 0 Å². The van der Waals surface area contributed by atoms with Gasteiger partial charge in [-0.15, -0.1) is 0 Å². The molecule has 0 spiro atoms. The SMILES string of the molecule is Cc1cc(F)cc(-c2nc(C(C)(C)C)[nH]c(=O)c2C)c1. The molecule has 2 rings (SSSR count). The molecule has 0 unspecified atom stereocenters. The number of nitrogens with one attached hydrogen (secondary N) is 1. The summed E-state index contributed by atoms with van der Waals surface area (Å²) < 4.78 is 13.6. The molecule has 0 aliphatic heterocycles. The van der Waals surface area contributed by atoms with Crippen LogP contribution in [0.1, 0.15) is 37.7 Å². The maximum atomic E-state index is 13.6. The number of benzene rings is 1. The molecule has 2 aromatic rings. The van der Waals surface area contributed by atoms with Crippen LogP contribution in [0.2, 0.25) is 0 Å². The molecule has 1 heterocycles. The van der Waals surface area contributed by atoms with E-state index in [0.29, 0.717) is 22.6 Å². The van der Waals surface area contributed by atoms with Gasteiger partial charge >= 0.3 is 0 Å². The summed E-state index contributed by atoms with van der Waals surface area (Å²) in [6.45, 7) is 9.44. The second-order valence-corrected chi connectivity index (χ2v) is 6.16. The molecule has 1 aromatic heterocycles. The van der Waals surface area contributed by atoms with Gasteiger partial charge in [-0.05, 0) is 37.6 Å². The zero-order valence-corrected chi connectivity index (χ0v) is 12.5. The predicted octanol–water partition coefficient (Wildman–Crippen LogP) is 3.49. The van der Waals surface area contributed by atoms with Gasteiger partial charge < -0.3 is 4.98 Å². The Morgan fingerprint density at radius 3 is 2.35 bits per heavy atom. The van der Waals surface area contributed by atoms with Gasteiger partial charge in [0.05, 0.1) is 5.69 Å². The lowest BCUT2D eigenvalue weighted by atomic mass is 9.95. The summed E-state index contributed by atoms with van der Waals surface area (Å²) in [5.41, 5.74) is 2.03. The molecule has 0 radical (unpaired) electrons. The van der Waals surface area contributed by atoms with E-state index in [1.807, 2.05) is 33.8 Å². The Morgan fingerprint density at radius 1 is 1.15 bits per heavy atom. The fourth-order valence-electron chi connectivity index (χ4n) is 2.04. The number of halogens is 1. The number of aromatic amines is 1. The molecule has 3 nitrogen and oxygen atoms in total. The molecule has 0 saturated carbocycles. The topological polar surface area (TPSA) is 45.8 Å². The zero-order valence-electron chi connectivity index (χ0n) is 12.5. The van der Waals surface area contributed by atoms with Gasteiger partial charge in [0.1, 0.15) is 11.6 Å². The van der Waals surface area contributed by atoms with Crippen molar-refractivity contribution in [3.63, 3.8) is 0 Å². The minimum Gasteiger partial charge on any atom is -0.310 e. The second kappa shape index (κ2) is 4.85. The number of nitrogens with zero attached hydrogens (tertiary/aromatic N) is 1. The third-order valence-corrected chi connectivity index (χ3v) is 3.18. The average molecular weight is 274 g/mol. The lowest BCUT2D eigenvalue weighted by molar-refractivity contribution is 0.542. The molecule has 0 atom stereocenters. The fourth-order valence-corrected chi connectivity index (χ4v) is 2.04. The first-order valence-corrected chi connectivity index (χ1v) is 6.57. The van der Waals surface area contributed by atoms with Gasteiger partial charge in [0.25, 0.3) is 5.56 Å². The molecule has 0 aliphatic carbocycles. The van der Waals surface area contributed by atoms with Gasteiger partial charge in [0, 0.05) is 16.5 Å². The smallest absolute Gasteiger partial charge is 0.254 e. The number of rotatable bonds is 1. The van der Waals surface area contributed by atoms with Crippen molar-refractivity contribution >= 4 is 0 Å². The standard InChI is InChI=1S/C16H19FN2O/c1-9-6-11(8-12(17)7-9)13-10(2)14(20)19-15(18-13)16(3,4)5/h6-8H,1-5H3,(H,18,19,20). The Labute approximate surface area is 117 Å². The van der Waals surface area contributed by atoms with Crippen LogP contribution in [0, 0.1) is 19.7 Å². The lowest BCUT2D eigenvalue weighted by Gasteiger charge is -2.19. The van der Waals surface area contributed by atoms with Crippen molar-refractivity contribution in [2.24, 2.45) is 0 Å². The number of hydrogen-bond donors (Lipinski definition) is 1. The normalized spacial score (nSPS) is 11.7. The summed E-state index contributed by atoms with van der Waals surface area (Å²) in [5.74, 6) is 0.281. The van der Waals surface area contributed by atoms with Gasteiger partial charge in [-0.1, -0.05) is 20.8 Å². The number of hydrogen-bond acceptors (Lipinski definition) is 2. The number of aromatic nitrogens is 2. The van der Waals surface area contributed by atoms with E-state index in [1.165, 1.54) is 12.1 Å². The van der Waals surface area contributed by atoms with Crippen LogP contribution in [0.15, 0.2) is 23.0 Å². The Kier molecular flexibility index (Phi) is 3.50. The highest BCUT2D eigenvalue weighted by Gasteiger charge is 2.20. The summed E-state index contributed by atoms with van der Waals surface area (Å²) in [6, 6.07) is 4.70. The van der Waals surface area contributed by atoms with E-state index in [2.05, 4.69) is 9.97 Å². The zero-order chi connectivity index (χ0) is 15.1. The third kappa shape index (κ3) is 2.79. The van der Waals surface area contributed by atoms with Gasteiger partial charge in [0.15, 0.2) is 0 Å². The molecule has 0 bridgehead atoms. The Balaban J connectivity index is 2.73. The largest absolute Gasteiger partial charge is 0.310 e. The molecule has 20 heavy (non-hydrogen) atoms. The quantitative estimate of drug-likeness (QED) is 0.865. The summed E-state index contributed by atoms with van der Waals surface area (Å²) in [6.07, 6.45) is 0. The minimum absolute atomic E-state index is 0.179. The van der Waals surface area contributed by atoms with E-state index in [0.717, 1.165) is 5.56 Å². The molecule has 106 valence electrons. The van der Waals surface area contributed by atoms with E-state index in [1.54, 1.807) is 6.92 Å². The maximum Gasteiger partial charge on any atom is 0.254 e. The van der Waals surface area contributed by atoms with Crippen LogP contribution in [0.3, 0.4) is 0 Å². The van der Waals surface area contributed by atoms with E-state index in [9.17, 15) is 9.18 Å². The molecule has 1 N–H and O–H groups in total. The number of aryl methyl sites for hydroxylation is 1. The van der Waals surface area contributed by atoms with Crippen molar-refractivity contribution in [2.75, 3.05) is 0 Å². The van der Waals surface area contributed by atoms with Gasteiger partial charge in [-0.2, -0.15) is 0 Å². The van der Waals surface area contributed by atoms with Crippen LogP contribution < -0.4 is 5.56 Å². The summed E-state index contributed by atoms with van der Waals surface area (Å²) in [7, 11) is 0. The van der Waals surface area contributed by atoms with Gasteiger partial charge in [0.2, 0.25) is 0 Å². The first-order chi connectivity index (χ1) is 9.18. The highest BCUT2D eigenvalue weighted by molar-refractivity contribution is 5.63. The minimum atomic E-state index is -0.321. The second-order valence-electron chi connectivity index (χ2n) is 6.16. The molecule has 0 fully saturated rings. The van der Waals surface area contributed by atoms with E-state index in [4.69, 9.17) is 0 Å². The third-order valence-electron chi connectivity index (χ3n) is 3.18. The van der Waals surface area contributed by atoms with Crippen molar-refractivity contribution in [1.82, 2.24) is 9.97 Å². The van der Waals surface area contributed by atoms with E-state index in [-0.39, 0.29) is 16.8 Å². The van der Waals surface area contributed by atoms with Crippen LogP contribution in [0.4, 0.5) is 4.39 Å². The van der Waals surface area contributed by atoms with Crippen LogP contribution >= 0.6 is 0 Å². The first-order valence-electron chi connectivity index (χ1n) is 6.57.